The van der Waals surface area contributed by atoms with E-state index in [1.54, 1.807) is 6.92 Å². The van der Waals surface area contributed by atoms with E-state index in [-0.39, 0.29) is 29.2 Å². The number of rotatable bonds is 11. The van der Waals surface area contributed by atoms with Gasteiger partial charge in [-0.2, -0.15) is 0 Å². The van der Waals surface area contributed by atoms with Crippen molar-refractivity contribution >= 4 is 24.1 Å². The van der Waals surface area contributed by atoms with E-state index in [2.05, 4.69) is 10.3 Å². The van der Waals surface area contributed by atoms with Gasteiger partial charge in [-0.3, -0.25) is 9.59 Å². The molecule has 0 saturated heterocycles. The van der Waals surface area contributed by atoms with E-state index in [9.17, 15) is 28.0 Å². The van der Waals surface area contributed by atoms with Crippen LogP contribution in [0.3, 0.4) is 0 Å². The van der Waals surface area contributed by atoms with Crippen molar-refractivity contribution in [3.63, 3.8) is 0 Å². The van der Waals surface area contributed by atoms with Gasteiger partial charge >= 0.3 is 11.9 Å². The molecule has 3 rings (SSSR count). The number of aromatic nitrogens is 1. The number of carbonyl (C=O) groups is 4. The van der Waals surface area contributed by atoms with Gasteiger partial charge in [-0.05, 0) is 61.9 Å². The molecule has 0 aliphatic rings. The van der Waals surface area contributed by atoms with E-state index in [1.807, 2.05) is 0 Å². The lowest BCUT2D eigenvalue weighted by molar-refractivity contribution is -0.154. The lowest BCUT2D eigenvalue weighted by atomic mass is 10.0. The zero-order valence-electron chi connectivity index (χ0n) is 21.4. The normalized spacial score (nSPS) is 12.9. The Morgan fingerprint density at radius 1 is 0.974 bits per heavy atom. The average molecular weight is 541 g/mol. The van der Waals surface area contributed by atoms with Gasteiger partial charge in [0.25, 0.3) is 5.91 Å². The summed E-state index contributed by atoms with van der Waals surface area (Å²) in [6.45, 7) is 4.06. The molecule has 0 fully saturated rings. The largest absolute Gasteiger partial charge is 0.482 e. The monoisotopic (exact) mass is 540 g/mol. The van der Waals surface area contributed by atoms with Gasteiger partial charge in [-0.1, -0.05) is 12.1 Å². The second-order valence-corrected chi connectivity index (χ2v) is 8.49. The van der Waals surface area contributed by atoms with Crippen molar-refractivity contribution < 1.29 is 42.2 Å². The van der Waals surface area contributed by atoms with Crippen LogP contribution in [0.15, 0.2) is 60.8 Å². The van der Waals surface area contributed by atoms with Gasteiger partial charge in [-0.15, -0.1) is 0 Å². The molecule has 0 aliphatic carbocycles. The quantitative estimate of drug-likeness (QED) is 0.287. The molecular weight excluding hydrogens is 514 g/mol. The molecule has 1 heterocycles. The first-order valence-corrected chi connectivity index (χ1v) is 11.9. The predicted octanol–water partition coefficient (Wildman–Crippen LogP) is 3.90. The zero-order chi connectivity index (χ0) is 28.5. The maximum Gasteiger partial charge on any atom is 0.328 e. The topological polar surface area (TPSA) is 121 Å². The average Bonchev–Trinajstić information content (AvgIpc) is 2.89. The summed E-state index contributed by atoms with van der Waals surface area (Å²) in [6, 6.07) is 10.8. The van der Waals surface area contributed by atoms with E-state index in [0.29, 0.717) is 11.8 Å². The molecule has 3 aromatic rings. The Bertz CT molecular complexity index is 1330. The van der Waals surface area contributed by atoms with Gasteiger partial charge in [-0.25, -0.2) is 18.6 Å². The van der Waals surface area contributed by atoms with Crippen LogP contribution in [0.2, 0.25) is 0 Å². The number of carbonyl (C=O) groups excluding carboxylic acids is 4. The molecule has 2 aromatic carbocycles. The van der Waals surface area contributed by atoms with Crippen LogP contribution < -0.4 is 14.8 Å². The van der Waals surface area contributed by atoms with Crippen LogP contribution in [0.5, 0.6) is 11.5 Å². The summed E-state index contributed by atoms with van der Waals surface area (Å²) in [5.74, 6) is -3.23. The third kappa shape index (κ3) is 7.91. The van der Waals surface area contributed by atoms with E-state index in [1.165, 1.54) is 67.7 Å². The second-order valence-electron chi connectivity index (χ2n) is 8.49. The molecule has 11 heteroatoms. The SMILES string of the molecule is CC(=O)Oc1c(CC=O)ccnc1C(=O)N[C@@H](C)C(=O)OC(C)C(Oc1ccc(F)cc1)c1ccc(F)cc1. The van der Waals surface area contributed by atoms with E-state index in [4.69, 9.17) is 14.2 Å². The van der Waals surface area contributed by atoms with Crippen LogP contribution in [0.1, 0.15) is 48.5 Å². The predicted molar refractivity (Wildman–Crippen MR) is 134 cm³/mol. The fourth-order valence-electron chi connectivity index (χ4n) is 3.58. The van der Waals surface area contributed by atoms with Crippen LogP contribution >= 0.6 is 0 Å². The van der Waals surface area contributed by atoms with Crippen molar-refractivity contribution in [2.45, 2.75) is 45.4 Å². The van der Waals surface area contributed by atoms with Crippen LogP contribution in [0.4, 0.5) is 8.78 Å². The standard InChI is InChI=1S/C28H26F2N2O7/c1-16(32-27(35)24-26(38-18(3)34)20(13-15-33)12-14-31-24)28(36)37-17(2)25(19-4-6-21(29)7-5-19)39-23-10-8-22(30)9-11-23/h4-12,14-17,25H,13H2,1-3H3,(H,32,35)/t16-,17?,25?/m0/s1. The second kappa shape index (κ2) is 13.2. The summed E-state index contributed by atoms with van der Waals surface area (Å²) in [7, 11) is 0. The number of hydrogen-bond donors (Lipinski definition) is 1. The summed E-state index contributed by atoms with van der Waals surface area (Å²) < 4.78 is 43.4. The number of nitrogens with one attached hydrogen (secondary N) is 1. The molecular formula is C28H26F2N2O7. The zero-order valence-corrected chi connectivity index (χ0v) is 21.4. The van der Waals surface area contributed by atoms with Crippen LogP contribution in [0.25, 0.3) is 0 Å². The minimum atomic E-state index is -1.18. The number of ether oxygens (including phenoxy) is 3. The Labute approximate surface area is 223 Å². The Morgan fingerprint density at radius 2 is 1.59 bits per heavy atom. The fraction of sp³-hybridized carbons (Fsp3) is 0.250. The molecule has 3 atom stereocenters. The first kappa shape index (κ1) is 28.9. The molecule has 9 nitrogen and oxygen atoms in total. The van der Waals surface area contributed by atoms with E-state index < -0.39 is 47.7 Å². The molecule has 0 bridgehead atoms. The summed E-state index contributed by atoms with van der Waals surface area (Å²) in [5.41, 5.74) is 0.463. The van der Waals surface area contributed by atoms with E-state index >= 15 is 0 Å². The number of halogens is 2. The highest BCUT2D eigenvalue weighted by Gasteiger charge is 2.29. The highest BCUT2D eigenvalue weighted by Crippen LogP contribution is 2.28. The smallest absolute Gasteiger partial charge is 0.328 e. The van der Waals surface area contributed by atoms with Gasteiger partial charge in [0, 0.05) is 25.1 Å². The molecule has 1 N–H and O–H groups in total. The van der Waals surface area contributed by atoms with Crippen molar-refractivity contribution in [1.82, 2.24) is 10.3 Å². The molecule has 0 saturated carbocycles. The van der Waals surface area contributed by atoms with Gasteiger partial charge in [0.1, 0.15) is 35.8 Å². The number of esters is 2. The fourth-order valence-corrected chi connectivity index (χ4v) is 3.58. The first-order valence-electron chi connectivity index (χ1n) is 11.9. The molecule has 2 unspecified atom stereocenters. The maximum atomic E-state index is 13.5. The van der Waals surface area contributed by atoms with E-state index in [0.717, 1.165) is 6.92 Å². The molecule has 1 aromatic heterocycles. The number of hydrogen-bond acceptors (Lipinski definition) is 8. The Kier molecular flexibility index (Phi) is 9.80. The lowest BCUT2D eigenvalue weighted by Crippen LogP contribution is -2.42. The van der Waals surface area contributed by atoms with Gasteiger partial charge < -0.3 is 24.3 Å². The first-order chi connectivity index (χ1) is 18.6. The van der Waals surface area contributed by atoms with Crippen molar-refractivity contribution in [3.05, 3.63) is 89.2 Å². The molecule has 204 valence electrons. The van der Waals surface area contributed by atoms with Crippen molar-refractivity contribution in [1.29, 1.82) is 0 Å². The molecule has 0 radical (unpaired) electrons. The maximum absolute atomic E-state index is 13.5. The van der Waals surface area contributed by atoms with Crippen LogP contribution in [-0.4, -0.2) is 41.3 Å². The summed E-state index contributed by atoms with van der Waals surface area (Å²) in [4.78, 5) is 52.3. The molecule has 1 amide bonds. The Balaban J connectivity index is 1.76. The van der Waals surface area contributed by atoms with Gasteiger partial charge in [0.2, 0.25) is 0 Å². The summed E-state index contributed by atoms with van der Waals surface area (Å²) in [6.07, 6.45) is -0.111. The van der Waals surface area contributed by atoms with Crippen molar-refractivity contribution in [2.75, 3.05) is 0 Å². The molecule has 0 spiro atoms. The minimum Gasteiger partial charge on any atom is -0.482 e. The molecule has 0 aliphatic heterocycles. The Morgan fingerprint density at radius 3 is 2.18 bits per heavy atom. The highest BCUT2D eigenvalue weighted by atomic mass is 19.1. The van der Waals surface area contributed by atoms with Gasteiger partial charge in [0.15, 0.2) is 17.5 Å². The summed E-state index contributed by atoms with van der Waals surface area (Å²) in [5, 5.41) is 2.44. The lowest BCUT2D eigenvalue weighted by Gasteiger charge is -2.27. The Hall–Kier alpha value is -4.67. The van der Waals surface area contributed by atoms with Crippen molar-refractivity contribution in [2.24, 2.45) is 0 Å². The highest BCUT2D eigenvalue weighted by molar-refractivity contribution is 5.98. The number of nitrogens with zero attached hydrogens (tertiary/aromatic N) is 1. The molecule has 39 heavy (non-hydrogen) atoms. The third-order valence-electron chi connectivity index (χ3n) is 5.45. The third-order valence-corrected chi connectivity index (χ3v) is 5.45. The number of pyridine rings is 1. The number of amides is 1. The number of benzene rings is 2. The van der Waals surface area contributed by atoms with Crippen LogP contribution in [-0.2, 0) is 25.5 Å². The van der Waals surface area contributed by atoms with Crippen molar-refractivity contribution in [3.8, 4) is 11.5 Å². The van der Waals surface area contributed by atoms with Gasteiger partial charge in [0.05, 0.1) is 0 Å². The number of aldehydes is 1. The van der Waals surface area contributed by atoms with Crippen LogP contribution in [0, 0.1) is 11.6 Å². The summed E-state index contributed by atoms with van der Waals surface area (Å²) >= 11 is 0. The minimum absolute atomic E-state index is 0.126.